The second-order valence-corrected chi connectivity index (χ2v) is 6.10. The first-order chi connectivity index (χ1) is 11.6. The summed E-state index contributed by atoms with van der Waals surface area (Å²) in [5.41, 5.74) is 1.04. The van der Waals surface area contributed by atoms with Crippen molar-refractivity contribution in [3.63, 3.8) is 0 Å². The number of halogens is 2. The van der Waals surface area contributed by atoms with Gasteiger partial charge in [0.25, 0.3) is 5.91 Å². The van der Waals surface area contributed by atoms with Crippen LogP contribution in [0.4, 0.5) is 0 Å². The van der Waals surface area contributed by atoms with Gasteiger partial charge < -0.3 is 14.8 Å². The Morgan fingerprint density at radius 2 is 1.96 bits per heavy atom. The number of fused-ring (bicyclic) bond motifs is 1. The first-order valence-corrected chi connectivity index (χ1v) is 8.36. The summed E-state index contributed by atoms with van der Waals surface area (Å²) in [6.07, 6.45) is 0.698. The van der Waals surface area contributed by atoms with Gasteiger partial charge in [-0.3, -0.25) is 4.79 Å². The number of rotatable bonds is 4. The monoisotopic (exact) mass is 366 g/mol. The van der Waals surface area contributed by atoms with Crippen molar-refractivity contribution in [2.45, 2.75) is 19.4 Å². The summed E-state index contributed by atoms with van der Waals surface area (Å²) in [4.78, 5) is 16.5. The fourth-order valence-electron chi connectivity index (χ4n) is 2.50. The van der Waals surface area contributed by atoms with E-state index in [0.717, 1.165) is 5.56 Å². The Morgan fingerprint density at radius 1 is 1.21 bits per heavy atom. The van der Waals surface area contributed by atoms with E-state index in [2.05, 4.69) is 10.3 Å². The number of pyridine rings is 1. The molecule has 1 atom stereocenters. The molecule has 0 aliphatic carbocycles. The molecule has 1 N–H and O–H groups in total. The van der Waals surface area contributed by atoms with E-state index < -0.39 is 0 Å². The van der Waals surface area contributed by atoms with Crippen molar-refractivity contribution in [1.29, 1.82) is 0 Å². The molecule has 1 aliphatic rings. The average molecular weight is 367 g/mol. The molecule has 2 heterocycles. The maximum Gasteiger partial charge on any atom is 0.271 e. The maximum atomic E-state index is 12.5. The first kappa shape index (κ1) is 16.9. The highest BCUT2D eigenvalue weighted by molar-refractivity contribution is 6.34. The quantitative estimate of drug-likeness (QED) is 0.829. The second-order valence-electron chi connectivity index (χ2n) is 5.30. The molecular formula is C17H16Cl2N2O3. The number of ether oxygens (including phenoxy) is 2. The molecule has 0 bridgehead atoms. The lowest BCUT2D eigenvalue weighted by atomic mass is 10.0. The zero-order valence-electron chi connectivity index (χ0n) is 13.0. The molecule has 0 spiro atoms. The molecule has 1 amide bonds. The van der Waals surface area contributed by atoms with Crippen molar-refractivity contribution in [3.8, 4) is 11.5 Å². The summed E-state index contributed by atoms with van der Waals surface area (Å²) in [5.74, 6) is 1.03. The highest BCUT2D eigenvalue weighted by atomic mass is 35.5. The first-order valence-electron chi connectivity index (χ1n) is 7.61. The van der Waals surface area contributed by atoms with Crippen molar-refractivity contribution < 1.29 is 14.3 Å². The summed E-state index contributed by atoms with van der Waals surface area (Å²) >= 11 is 11.9. The molecule has 1 aromatic carbocycles. The van der Waals surface area contributed by atoms with E-state index in [1.165, 1.54) is 0 Å². The van der Waals surface area contributed by atoms with Crippen LogP contribution in [0.1, 0.15) is 35.4 Å². The minimum Gasteiger partial charge on any atom is -0.486 e. The van der Waals surface area contributed by atoms with E-state index in [1.54, 1.807) is 12.1 Å². The predicted octanol–water partition coefficient (Wildman–Crippen LogP) is 4.04. The van der Waals surface area contributed by atoms with Crippen molar-refractivity contribution in [1.82, 2.24) is 10.3 Å². The van der Waals surface area contributed by atoms with E-state index in [9.17, 15) is 4.79 Å². The summed E-state index contributed by atoms with van der Waals surface area (Å²) < 4.78 is 11.1. The highest BCUT2D eigenvalue weighted by Gasteiger charge is 2.20. The third-order valence-corrected chi connectivity index (χ3v) is 4.22. The van der Waals surface area contributed by atoms with Crippen molar-refractivity contribution in [3.05, 3.63) is 51.8 Å². The van der Waals surface area contributed by atoms with Crippen LogP contribution < -0.4 is 14.8 Å². The topological polar surface area (TPSA) is 60.5 Å². The maximum absolute atomic E-state index is 12.5. The molecule has 0 saturated carbocycles. The number of hydrogen-bond donors (Lipinski definition) is 1. The number of carbonyl (C=O) groups excluding carboxylic acids is 1. The zero-order chi connectivity index (χ0) is 17.1. The van der Waals surface area contributed by atoms with Crippen LogP contribution in [0.15, 0.2) is 30.3 Å². The summed E-state index contributed by atoms with van der Waals surface area (Å²) in [5, 5.41) is 3.41. The third kappa shape index (κ3) is 3.57. The smallest absolute Gasteiger partial charge is 0.271 e. The highest BCUT2D eigenvalue weighted by Crippen LogP contribution is 2.33. The SMILES string of the molecule is CCC(NC(=O)c1nc(Cl)ccc1Cl)c1ccc2c(c1)OCCO2. The van der Waals surface area contributed by atoms with Gasteiger partial charge in [0.2, 0.25) is 0 Å². The van der Waals surface area contributed by atoms with Gasteiger partial charge in [-0.15, -0.1) is 0 Å². The van der Waals surface area contributed by atoms with Crippen LogP contribution >= 0.6 is 23.2 Å². The van der Waals surface area contributed by atoms with E-state index in [0.29, 0.717) is 31.1 Å². The van der Waals surface area contributed by atoms with Crippen LogP contribution in [0.25, 0.3) is 0 Å². The molecule has 1 aromatic heterocycles. The number of carbonyl (C=O) groups is 1. The molecule has 126 valence electrons. The zero-order valence-corrected chi connectivity index (χ0v) is 14.5. The largest absolute Gasteiger partial charge is 0.486 e. The fourth-order valence-corrected chi connectivity index (χ4v) is 2.84. The minimum atomic E-state index is -0.371. The average Bonchev–Trinajstić information content (AvgIpc) is 2.61. The van der Waals surface area contributed by atoms with Crippen LogP contribution in [-0.4, -0.2) is 24.1 Å². The minimum absolute atomic E-state index is 0.111. The lowest BCUT2D eigenvalue weighted by Gasteiger charge is -2.22. The molecule has 0 saturated heterocycles. The Labute approximate surface area is 149 Å². The van der Waals surface area contributed by atoms with Gasteiger partial charge in [0.05, 0.1) is 11.1 Å². The number of nitrogens with zero attached hydrogens (tertiary/aromatic N) is 1. The van der Waals surface area contributed by atoms with Crippen molar-refractivity contribution >= 4 is 29.1 Å². The molecule has 24 heavy (non-hydrogen) atoms. The van der Waals surface area contributed by atoms with Crippen LogP contribution in [-0.2, 0) is 0 Å². The fraction of sp³-hybridized carbons (Fsp3) is 0.294. The van der Waals surface area contributed by atoms with Crippen LogP contribution in [0.3, 0.4) is 0 Å². The van der Waals surface area contributed by atoms with Crippen LogP contribution in [0, 0.1) is 0 Å². The number of aromatic nitrogens is 1. The Morgan fingerprint density at radius 3 is 2.71 bits per heavy atom. The molecule has 2 aromatic rings. The van der Waals surface area contributed by atoms with Gasteiger partial charge in [-0.05, 0) is 36.2 Å². The Bertz CT molecular complexity index is 767. The summed E-state index contributed by atoms with van der Waals surface area (Å²) in [6.45, 7) is 3.04. The lowest BCUT2D eigenvalue weighted by Crippen LogP contribution is -2.29. The molecule has 5 nitrogen and oxygen atoms in total. The molecule has 0 fully saturated rings. The number of amides is 1. The number of benzene rings is 1. The van der Waals surface area contributed by atoms with Gasteiger partial charge in [-0.2, -0.15) is 0 Å². The Balaban J connectivity index is 1.81. The molecule has 0 radical (unpaired) electrons. The number of nitrogens with one attached hydrogen (secondary N) is 1. The summed E-state index contributed by atoms with van der Waals surface area (Å²) in [6, 6.07) is 8.54. The van der Waals surface area contributed by atoms with Gasteiger partial charge in [-0.1, -0.05) is 36.2 Å². The molecule has 1 unspecified atom stereocenters. The van der Waals surface area contributed by atoms with Gasteiger partial charge in [0, 0.05) is 0 Å². The molecule has 7 heteroatoms. The number of hydrogen-bond acceptors (Lipinski definition) is 4. The second kappa shape index (κ2) is 7.28. The lowest BCUT2D eigenvalue weighted by molar-refractivity contribution is 0.0930. The third-order valence-electron chi connectivity index (χ3n) is 3.71. The van der Waals surface area contributed by atoms with Crippen molar-refractivity contribution in [2.24, 2.45) is 0 Å². The van der Waals surface area contributed by atoms with Gasteiger partial charge in [0.15, 0.2) is 11.5 Å². The molecular weight excluding hydrogens is 351 g/mol. The van der Waals surface area contributed by atoms with Crippen molar-refractivity contribution in [2.75, 3.05) is 13.2 Å². The van der Waals surface area contributed by atoms with E-state index in [-0.39, 0.29) is 27.8 Å². The van der Waals surface area contributed by atoms with Gasteiger partial charge >= 0.3 is 0 Å². The van der Waals surface area contributed by atoms with Gasteiger partial charge in [-0.25, -0.2) is 4.98 Å². The van der Waals surface area contributed by atoms with Crippen LogP contribution in [0.2, 0.25) is 10.2 Å². The predicted molar refractivity (Wildman–Crippen MR) is 92.2 cm³/mol. The molecule has 1 aliphatic heterocycles. The van der Waals surface area contributed by atoms with E-state index >= 15 is 0 Å². The standard InChI is InChI=1S/C17H16Cl2N2O3/c1-2-12(10-3-5-13-14(9-10)24-8-7-23-13)20-17(22)16-11(18)4-6-15(19)21-16/h3-6,9,12H,2,7-8H2,1H3,(H,20,22). The molecule has 3 rings (SSSR count). The Hall–Kier alpha value is -1.98. The Kier molecular flexibility index (Phi) is 5.11. The normalized spacial score (nSPS) is 14.1. The summed E-state index contributed by atoms with van der Waals surface area (Å²) in [7, 11) is 0. The van der Waals surface area contributed by atoms with E-state index in [1.807, 2.05) is 25.1 Å². The van der Waals surface area contributed by atoms with Gasteiger partial charge in [0.1, 0.15) is 24.1 Å². The van der Waals surface area contributed by atoms with Crippen LogP contribution in [0.5, 0.6) is 11.5 Å². The van der Waals surface area contributed by atoms with E-state index in [4.69, 9.17) is 32.7 Å².